The van der Waals surface area contributed by atoms with Gasteiger partial charge in [-0.3, -0.25) is 0 Å². The summed E-state index contributed by atoms with van der Waals surface area (Å²) in [4.78, 5) is 0. The second-order valence-electron chi connectivity index (χ2n) is 1.08. The highest BCUT2D eigenvalue weighted by Crippen LogP contribution is 2.05. The van der Waals surface area contributed by atoms with Gasteiger partial charge in [0.1, 0.15) is 0 Å². The van der Waals surface area contributed by atoms with Gasteiger partial charge in [0.2, 0.25) is 0 Å². The Morgan fingerprint density at radius 3 is 2.33 bits per heavy atom. The van der Waals surface area contributed by atoms with Crippen LogP contribution in [-0.2, 0) is 0 Å². The van der Waals surface area contributed by atoms with E-state index >= 15 is 0 Å². The van der Waals surface area contributed by atoms with Crippen LogP contribution in [0.15, 0.2) is 0 Å². The van der Waals surface area contributed by atoms with Gasteiger partial charge in [0.25, 0.3) is 0 Å². The van der Waals surface area contributed by atoms with Crippen molar-refractivity contribution in [3.8, 4) is 0 Å². The van der Waals surface area contributed by atoms with Crippen LogP contribution in [0.5, 0.6) is 0 Å². The molecule has 0 saturated heterocycles. The van der Waals surface area contributed by atoms with Crippen LogP contribution in [0.3, 0.4) is 0 Å². The molecule has 2 N–H and O–H groups in total. The number of rotatable bonds is 2. The predicted octanol–water partition coefficient (Wildman–Crippen LogP) is 1.21. The van der Waals surface area contributed by atoms with E-state index in [1.54, 1.807) is 11.8 Å². The standard InChI is InChI=1S/C4H10NS/c1-3-6-4(2)5/h3-4H,5H2,1-2H3. The van der Waals surface area contributed by atoms with Crippen LogP contribution in [0.2, 0.25) is 0 Å². The molecule has 0 aromatic heterocycles. The Balaban J connectivity index is 2.63. The lowest BCUT2D eigenvalue weighted by atomic mass is 10.8. The largest absolute Gasteiger partial charge is 0.320 e. The second kappa shape index (κ2) is 3.50. The van der Waals surface area contributed by atoms with Crippen molar-refractivity contribution < 1.29 is 0 Å². The van der Waals surface area contributed by atoms with Crippen LogP contribution in [0, 0.1) is 5.75 Å². The summed E-state index contributed by atoms with van der Waals surface area (Å²) in [6, 6.07) is 0. The molecule has 6 heavy (non-hydrogen) atoms. The molecule has 0 aliphatic rings. The maximum Gasteiger partial charge on any atom is 0.0481 e. The van der Waals surface area contributed by atoms with Gasteiger partial charge in [-0.2, -0.15) is 0 Å². The lowest BCUT2D eigenvalue weighted by molar-refractivity contribution is 1.05. The Kier molecular flexibility index (Phi) is 3.68. The number of hydrogen-bond acceptors (Lipinski definition) is 2. The van der Waals surface area contributed by atoms with Crippen LogP contribution in [0.25, 0.3) is 0 Å². The van der Waals surface area contributed by atoms with Gasteiger partial charge >= 0.3 is 0 Å². The van der Waals surface area contributed by atoms with Crippen LogP contribution in [0.4, 0.5) is 0 Å². The zero-order valence-corrected chi connectivity index (χ0v) is 4.96. The van der Waals surface area contributed by atoms with Crippen LogP contribution in [0.1, 0.15) is 13.8 Å². The molecular formula is C4H10NS. The number of thioether (sulfide) groups is 1. The van der Waals surface area contributed by atoms with E-state index in [-0.39, 0.29) is 5.37 Å². The molecule has 0 aliphatic carbocycles. The Bertz CT molecular complexity index is 28.7. The molecule has 0 aromatic rings. The third-order valence-corrected chi connectivity index (χ3v) is 1.05. The van der Waals surface area contributed by atoms with E-state index in [1.807, 2.05) is 19.6 Å². The third kappa shape index (κ3) is 4.31. The van der Waals surface area contributed by atoms with Crippen LogP contribution >= 0.6 is 11.8 Å². The van der Waals surface area contributed by atoms with E-state index in [9.17, 15) is 0 Å². The molecule has 0 rings (SSSR count). The smallest absolute Gasteiger partial charge is 0.0481 e. The lowest BCUT2D eigenvalue weighted by Crippen LogP contribution is -2.07. The summed E-state index contributed by atoms with van der Waals surface area (Å²) in [5.41, 5.74) is 5.33. The Hall–Kier alpha value is 0.310. The summed E-state index contributed by atoms with van der Waals surface area (Å²) in [7, 11) is 0. The highest BCUT2D eigenvalue weighted by Gasteiger charge is 1.85. The fraction of sp³-hybridized carbons (Fsp3) is 0.750. The van der Waals surface area contributed by atoms with E-state index in [2.05, 4.69) is 0 Å². The molecule has 1 radical (unpaired) electrons. The normalized spacial score (nSPS) is 14.5. The highest BCUT2D eigenvalue weighted by atomic mass is 32.2. The van der Waals surface area contributed by atoms with E-state index < -0.39 is 0 Å². The summed E-state index contributed by atoms with van der Waals surface area (Å²) in [6.45, 7) is 3.94. The topological polar surface area (TPSA) is 26.0 Å². The van der Waals surface area contributed by atoms with Crippen molar-refractivity contribution in [2.45, 2.75) is 19.2 Å². The van der Waals surface area contributed by atoms with Crippen molar-refractivity contribution >= 4 is 11.8 Å². The third-order valence-electron chi connectivity index (χ3n) is 0.351. The first-order valence-electron chi connectivity index (χ1n) is 1.96. The second-order valence-corrected chi connectivity index (χ2v) is 2.56. The van der Waals surface area contributed by atoms with E-state index in [1.165, 1.54) is 0 Å². The first-order chi connectivity index (χ1) is 2.77. The average molecular weight is 104 g/mol. The molecule has 0 aromatic carbocycles. The Labute approximate surface area is 43.3 Å². The van der Waals surface area contributed by atoms with Crippen LogP contribution < -0.4 is 5.73 Å². The van der Waals surface area contributed by atoms with Crippen molar-refractivity contribution in [2.24, 2.45) is 5.73 Å². The summed E-state index contributed by atoms with van der Waals surface area (Å²) in [5, 5.41) is 0.259. The molecule has 0 saturated carbocycles. The SMILES string of the molecule is C[CH]SC(C)N. The van der Waals surface area contributed by atoms with E-state index in [0.717, 1.165) is 0 Å². The molecule has 0 amide bonds. The molecular weight excluding hydrogens is 94.1 g/mol. The molecule has 0 bridgehead atoms. The van der Waals surface area contributed by atoms with Gasteiger partial charge in [-0.05, 0) is 6.92 Å². The summed E-state index contributed by atoms with van der Waals surface area (Å²) in [5.74, 6) is 1.99. The van der Waals surface area contributed by atoms with Crippen molar-refractivity contribution in [1.82, 2.24) is 0 Å². The van der Waals surface area contributed by atoms with Gasteiger partial charge in [-0.1, -0.05) is 6.92 Å². The van der Waals surface area contributed by atoms with Gasteiger partial charge < -0.3 is 5.73 Å². The summed E-state index contributed by atoms with van der Waals surface area (Å²) in [6.07, 6.45) is 0. The maximum atomic E-state index is 5.33. The minimum atomic E-state index is 0.259. The molecule has 37 valence electrons. The van der Waals surface area contributed by atoms with Crippen LogP contribution in [-0.4, -0.2) is 5.37 Å². The molecule has 0 spiro atoms. The van der Waals surface area contributed by atoms with Crippen molar-refractivity contribution in [1.29, 1.82) is 0 Å². The van der Waals surface area contributed by atoms with Gasteiger partial charge in [0, 0.05) is 11.1 Å². The first-order valence-corrected chi connectivity index (χ1v) is 2.90. The van der Waals surface area contributed by atoms with Crippen molar-refractivity contribution in [3.63, 3.8) is 0 Å². The zero-order valence-electron chi connectivity index (χ0n) is 4.14. The van der Waals surface area contributed by atoms with Crippen molar-refractivity contribution in [3.05, 3.63) is 5.75 Å². The number of nitrogens with two attached hydrogens (primary N) is 1. The fourth-order valence-corrected chi connectivity index (χ4v) is 0.644. The van der Waals surface area contributed by atoms with Gasteiger partial charge in [-0.15, -0.1) is 11.8 Å². The molecule has 0 aliphatic heterocycles. The average Bonchev–Trinajstić information content (AvgIpc) is 1.35. The minimum Gasteiger partial charge on any atom is -0.320 e. The van der Waals surface area contributed by atoms with E-state index in [0.29, 0.717) is 0 Å². The molecule has 1 nitrogen and oxygen atoms in total. The number of hydrogen-bond donors (Lipinski definition) is 1. The summed E-state index contributed by atoms with van der Waals surface area (Å²) >= 11 is 1.64. The molecule has 1 atom stereocenters. The molecule has 2 heteroatoms. The summed E-state index contributed by atoms with van der Waals surface area (Å²) < 4.78 is 0. The monoisotopic (exact) mass is 104 g/mol. The minimum absolute atomic E-state index is 0.259. The van der Waals surface area contributed by atoms with Gasteiger partial charge in [-0.25, -0.2) is 0 Å². The quantitative estimate of drug-likeness (QED) is 0.533. The van der Waals surface area contributed by atoms with Gasteiger partial charge in [0.15, 0.2) is 0 Å². The molecule has 1 unspecified atom stereocenters. The highest BCUT2D eigenvalue weighted by molar-refractivity contribution is 8.01. The molecule has 0 fully saturated rings. The van der Waals surface area contributed by atoms with E-state index in [4.69, 9.17) is 5.73 Å². The Morgan fingerprint density at radius 2 is 2.33 bits per heavy atom. The first kappa shape index (κ1) is 6.31. The zero-order chi connectivity index (χ0) is 4.99. The Morgan fingerprint density at radius 1 is 1.83 bits per heavy atom. The predicted molar refractivity (Wildman–Crippen MR) is 31.2 cm³/mol. The lowest BCUT2D eigenvalue weighted by Gasteiger charge is -1.96. The van der Waals surface area contributed by atoms with Crippen molar-refractivity contribution in [2.75, 3.05) is 0 Å². The fourth-order valence-electron chi connectivity index (χ4n) is 0.215. The molecule has 0 heterocycles. The maximum absolute atomic E-state index is 5.33. The van der Waals surface area contributed by atoms with Gasteiger partial charge in [0.05, 0.1) is 0 Å².